The van der Waals surface area contributed by atoms with Crippen LogP contribution < -0.4 is 4.90 Å². The van der Waals surface area contributed by atoms with Gasteiger partial charge in [0, 0.05) is 18.8 Å². The van der Waals surface area contributed by atoms with E-state index in [9.17, 15) is 0 Å². The minimum atomic E-state index is 0.281. The Kier molecular flexibility index (Phi) is 6.94. The third-order valence-electron chi connectivity index (χ3n) is 6.53. The fourth-order valence-corrected chi connectivity index (χ4v) is 6.39. The summed E-state index contributed by atoms with van der Waals surface area (Å²) < 4.78 is 0. The van der Waals surface area contributed by atoms with E-state index in [2.05, 4.69) is 25.7 Å². The van der Waals surface area contributed by atoms with Gasteiger partial charge < -0.3 is 4.90 Å². The first-order chi connectivity index (χ1) is 14.3. The summed E-state index contributed by atoms with van der Waals surface area (Å²) in [5.41, 5.74) is 5.91. The number of hydrogen-bond acceptors (Lipinski definition) is 5. The van der Waals surface area contributed by atoms with Gasteiger partial charge in [-0.05, 0) is 50.5 Å². The molecule has 5 heteroatoms. The molecule has 0 amide bonds. The molecule has 0 bridgehead atoms. The SMILES string of the molecule is CCCCC1=N[C@H]2Sc3c(ncnc3N(CCCC)CCCC)[C@H]2C2=C1CCC2. The average molecular weight is 413 g/mol. The molecular weight excluding hydrogens is 376 g/mol. The Hall–Kier alpha value is -1.36. The number of fused-ring (bicyclic) bond motifs is 4. The zero-order chi connectivity index (χ0) is 20.2. The highest BCUT2D eigenvalue weighted by atomic mass is 32.2. The van der Waals surface area contributed by atoms with Crippen LogP contribution in [0.25, 0.3) is 0 Å². The van der Waals surface area contributed by atoms with Crippen LogP contribution in [0.4, 0.5) is 5.82 Å². The maximum atomic E-state index is 5.30. The van der Waals surface area contributed by atoms with Crippen LogP contribution >= 0.6 is 11.8 Å². The van der Waals surface area contributed by atoms with Gasteiger partial charge in [0.25, 0.3) is 0 Å². The van der Waals surface area contributed by atoms with Crippen molar-refractivity contribution in [3.63, 3.8) is 0 Å². The van der Waals surface area contributed by atoms with Crippen molar-refractivity contribution in [1.29, 1.82) is 0 Å². The predicted octanol–water partition coefficient (Wildman–Crippen LogP) is 6.52. The van der Waals surface area contributed by atoms with Gasteiger partial charge in [0.2, 0.25) is 0 Å². The number of unbranched alkanes of at least 4 members (excludes halogenated alkanes) is 3. The second-order valence-electron chi connectivity index (χ2n) is 8.63. The minimum Gasteiger partial charge on any atom is -0.356 e. The maximum absolute atomic E-state index is 5.30. The zero-order valence-electron chi connectivity index (χ0n) is 18.4. The average Bonchev–Trinajstić information content (AvgIpc) is 3.36. The van der Waals surface area contributed by atoms with Gasteiger partial charge in [0.05, 0.1) is 16.5 Å². The van der Waals surface area contributed by atoms with E-state index in [1.165, 1.54) is 79.9 Å². The summed E-state index contributed by atoms with van der Waals surface area (Å²) in [6.07, 6.45) is 14.1. The van der Waals surface area contributed by atoms with Gasteiger partial charge in [-0.25, -0.2) is 9.97 Å². The lowest BCUT2D eigenvalue weighted by Crippen LogP contribution is -2.27. The van der Waals surface area contributed by atoms with Crippen molar-refractivity contribution in [3.05, 3.63) is 23.2 Å². The molecule has 4 rings (SSSR count). The van der Waals surface area contributed by atoms with Crippen molar-refractivity contribution in [2.75, 3.05) is 18.0 Å². The Balaban J connectivity index is 1.67. The Morgan fingerprint density at radius 1 is 1.00 bits per heavy atom. The van der Waals surface area contributed by atoms with Gasteiger partial charge in [-0.3, -0.25) is 4.99 Å². The van der Waals surface area contributed by atoms with Gasteiger partial charge in [-0.15, -0.1) is 0 Å². The van der Waals surface area contributed by atoms with E-state index in [1.807, 2.05) is 18.1 Å². The second kappa shape index (κ2) is 9.63. The van der Waals surface area contributed by atoms with Crippen LogP contribution in [0.2, 0.25) is 0 Å². The van der Waals surface area contributed by atoms with Crippen molar-refractivity contribution in [2.24, 2.45) is 4.99 Å². The largest absolute Gasteiger partial charge is 0.356 e. The van der Waals surface area contributed by atoms with Crippen LogP contribution in [-0.2, 0) is 0 Å². The van der Waals surface area contributed by atoms with Gasteiger partial charge >= 0.3 is 0 Å². The number of rotatable bonds is 10. The smallest absolute Gasteiger partial charge is 0.146 e. The van der Waals surface area contributed by atoms with E-state index in [0.717, 1.165) is 19.5 Å². The van der Waals surface area contributed by atoms with Gasteiger partial charge in [-0.2, -0.15) is 0 Å². The second-order valence-corrected chi connectivity index (χ2v) is 9.76. The Labute approximate surface area is 180 Å². The number of hydrogen-bond donors (Lipinski definition) is 0. The summed E-state index contributed by atoms with van der Waals surface area (Å²) >= 11 is 1.94. The van der Waals surface area contributed by atoms with E-state index in [0.29, 0.717) is 5.92 Å². The molecule has 0 radical (unpaired) electrons. The summed E-state index contributed by atoms with van der Waals surface area (Å²) in [5, 5.41) is 0.281. The van der Waals surface area contributed by atoms with E-state index in [4.69, 9.17) is 15.0 Å². The molecule has 3 aliphatic rings. The third-order valence-corrected chi connectivity index (χ3v) is 7.77. The molecule has 0 fully saturated rings. The number of thioether (sulfide) groups is 1. The zero-order valence-corrected chi connectivity index (χ0v) is 19.2. The molecule has 1 aromatic rings. The monoisotopic (exact) mass is 412 g/mol. The lowest BCUT2D eigenvalue weighted by molar-refractivity contribution is 0.657. The number of anilines is 1. The molecule has 158 valence electrons. The molecule has 0 N–H and O–H groups in total. The molecule has 0 unspecified atom stereocenters. The highest BCUT2D eigenvalue weighted by Crippen LogP contribution is 2.56. The fourth-order valence-electron chi connectivity index (χ4n) is 4.95. The number of aromatic nitrogens is 2. The van der Waals surface area contributed by atoms with Crippen molar-refractivity contribution in [1.82, 2.24) is 9.97 Å². The molecule has 3 heterocycles. The molecule has 4 nitrogen and oxygen atoms in total. The lowest BCUT2D eigenvalue weighted by atomic mass is 9.87. The van der Waals surface area contributed by atoms with Crippen LogP contribution in [0.3, 0.4) is 0 Å². The van der Waals surface area contributed by atoms with Crippen LogP contribution in [0.5, 0.6) is 0 Å². The van der Waals surface area contributed by atoms with Crippen LogP contribution in [-0.4, -0.2) is 34.1 Å². The van der Waals surface area contributed by atoms with E-state index in [1.54, 1.807) is 11.1 Å². The van der Waals surface area contributed by atoms with E-state index in [-0.39, 0.29) is 5.37 Å². The quantitative estimate of drug-likeness (QED) is 0.438. The standard InChI is InChI=1S/C24H36N4S/c1-4-7-13-19-17-11-10-12-18(17)20-21-22(29-24(20)27-19)23(26-16-25-21)28(14-8-5-2)15-9-6-3/h16,20,24H,4-15H2,1-3H3/t20-,24+/m1/s1. The first kappa shape index (κ1) is 20.9. The normalized spacial score (nSPS) is 22.4. The highest BCUT2D eigenvalue weighted by molar-refractivity contribution is 8.00. The van der Waals surface area contributed by atoms with Crippen molar-refractivity contribution in [3.8, 4) is 0 Å². The molecule has 0 aromatic carbocycles. The van der Waals surface area contributed by atoms with Gasteiger partial charge in [-0.1, -0.05) is 57.4 Å². The minimum absolute atomic E-state index is 0.281. The summed E-state index contributed by atoms with van der Waals surface area (Å²) in [5.74, 6) is 1.56. The Morgan fingerprint density at radius 3 is 2.48 bits per heavy atom. The van der Waals surface area contributed by atoms with Crippen LogP contribution in [0, 0.1) is 0 Å². The number of dihydropyridines is 1. The van der Waals surface area contributed by atoms with Crippen molar-refractivity contribution < 1.29 is 0 Å². The molecule has 0 saturated heterocycles. The third kappa shape index (κ3) is 4.12. The fraction of sp³-hybridized carbons (Fsp3) is 0.708. The number of allylic oxidation sites excluding steroid dienone is 1. The number of aliphatic imine (C=N–C) groups is 1. The van der Waals surface area contributed by atoms with Crippen molar-refractivity contribution in [2.45, 2.75) is 101 Å². The molecule has 0 spiro atoms. The molecule has 2 aliphatic heterocycles. The Bertz CT molecular complexity index is 777. The Morgan fingerprint density at radius 2 is 1.76 bits per heavy atom. The van der Waals surface area contributed by atoms with E-state index >= 15 is 0 Å². The summed E-state index contributed by atoms with van der Waals surface area (Å²) in [7, 11) is 0. The van der Waals surface area contributed by atoms with Gasteiger partial charge in [0.15, 0.2) is 0 Å². The van der Waals surface area contributed by atoms with Crippen LogP contribution in [0.15, 0.2) is 27.4 Å². The number of nitrogens with zero attached hydrogens (tertiary/aromatic N) is 4. The first-order valence-corrected chi connectivity index (χ1v) is 12.7. The topological polar surface area (TPSA) is 41.4 Å². The molecule has 1 aromatic heterocycles. The maximum Gasteiger partial charge on any atom is 0.146 e. The summed E-state index contributed by atoms with van der Waals surface area (Å²) in [6, 6.07) is 0. The highest BCUT2D eigenvalue weighted by Gasteiger charge is 2.44. The van der Waals surface area contributed by atoms with E-state index < -0.39 is 0 Å². The molecular formula is C24H36N4S. The molecule has 2 atom stereocenters. The summed E-state index contributed by atoms with van der Waals surface area (Å²) in [4.78, 5) is 18.8. The lowest BCUT2D eigenvalue weighted by Gasteiger charge is -2.26. The summed E-state index contributed by atoms with van der Waals surface area (Å²) in [6.45, 7) is 9.00. The van der Waals surface area contributed by atoms with Gasteiger partial charge in [0.1, 0.15) is 17.5 Å². The molecule has 1 aliphatic carbocycles. The first-order valence-electron chi connectivity index (χ1n) is 11.8. The molecule has 0 saturated carbocycles. The predicted molar refractivity (Wildman–Crippen MR) is 124 cm³/mol. The van der Waals surface area contributed by atoms with Crippen molar-refractivity contribution >= 4 is 23.3 Å². The van der Waals surface area contributed by atoms with Crippen LogP contribution in [0.1, 0.15) is 96.6 Å². The molecule has 29 heavy (non-hydrogen) atoms.